The molecule has 0 aliphatic carbocycles. The summed E-state index contributed by atoms with van der Waals surface area (Å²) in [5.41, 5.74) is 6.94. The number of hydrogen-bond donors (Lipinski definition) is 1. The summed E-state index contributed by atoms with van der Waals surface area (Å²) in [6, 6.07) is 3.23. The van der Waals surface area contributed by atoms with Crippen molar-refractivity contribution >= 4 is 33.7 Å². The Kier molecular flexibility index (Phi) is 6.77. The van der Waals surface area contributed by atoms with Crippen LogP contribution in [-0.2, 0) is 9.47 Å². The van der Waals surface area contributed by atoms with Gasteiger partial charge in [-0.15, -0.1) is 0 Å². The number of carbonyl (C=O) groups is 2. The Morgan fingerprint density at radius 2 is 2.04 bits per heavy atom. The van der Waals surface area contributed by atoms with Crippen molar-refractivity contribution in [2.24, 2.45) is 5.92 Å². The molecule has 0 radical (unpaired) electrons. The van der Waals surface area contributed by atoms with Crippen molar-refractivity contribution < 1.29 is 19.1 Å². The van der Waals surface area contributed by atoms with Crippen molar-refractivity contribution in [1.82, 2.24) is 4.90 Å². The van der Waals surface area contributed by atoms with Crippen LogP contribution < -0.4 is 5.73 Å². The Labute approximate surface area is 168 Å². The molecule has 0 bridgehead atoms. The van der Waals surface area contributed by atoms with Gasteiger partial charge in [0.15, 0.2) is 0 Å². The number of nitrogens with two attached hydrogens (primary N) is 1. The molecular weight excluding hydrogens is 412 g/mol. The van der Waals surface area contributed by atoms with Gasteiger partial charge in [0.2, 0.25) is 0 Å². The van der Waals surface area contributed by atoms with E-state index >= 15 is 0 Å². The van der Waals surface area contributed by atoms with Gasteiger partial charge < -0.3 is 20.1 Å². The number of piperidine rings is 1. The summed E-state index contributed by atoms with van der Waals surface area (Å²) in [6.45, 7) is 6.72. The third-order valence-electron chi connectivity index (χ3n) is 4.03. The monoisotopic (exact) mass is 436 g/mol. The number of rotatable bonds is 1. The summed E-state index contributed by atoms with van der Waals surface area (Å²) >= 11 is 3.35. The molecule has 1 atom stereocenters. The molecule has 1 aromatic rings. The maximum Gasteiger partial charge on any atom is 0.410 e. The fraction of sp³-hybridized carbons (Fsp3) is 0.500. The van der Waals surface area contributed by atoms with Crippen molar-refractivity contribution in [3.63, 3.8) is 0 Å². The molecule has 1 saturated heterocycles. The summed E-state index contributed by atoms with van der Waals surface area (Å²) in [5, 5.41) is 0. The van der Waals surface area contributed by atoms with E-state index in [1.54, 1.807) is 17.0 Å². The Hall–Kier alpha value is -2.20. The van der Waals surface area contributed by atoms with E-state index in [-0.39, 0.29) is 12.0 Å². The number of esters is 1. The lowest BCUT2D eigenvalue weighted by atomic mass is 9.98. The van der Waals surface area contributed by atoms with Gasteiger partial charge in [-0.3, -0.25) is 0 Å². The number of carbonyl (C=O) groups excluding carboxylic acids is 2. The smallest absolute Gasteiger partial charge is 0.410 e. The molecule has 27 heavy (non-hydrogen) atoms. The van der Waals surface area contributed by atoms with Crippen LogP contribution in [0.2, 0.25) is 0 Å². The highest BCUT2D eigenvalue weighted by Crippen LogP contribution is 2.26. The molecule has 7 heteroatoms. The zero-order valence-electron chi connectivity index (χ0n) is 16.1. The number of halogens is 1. The highest BCUT2D eigenvalue weighted by Gasteiger charge is 2.26. The van der Waals surface area contributed by atoms with Crippen LogP contribution in [0.4, 0.5) is 10.5 Å². The molecule has 146 valence electrons. The van der Waals surface area contributed by atoms with E-state index in [1.165, 1.54) is 7.11 Å². The van der Waals surface area contributed by atoms with Crippen molar-refractivity contribution in [1.29, 1.82) is 0 Å². The van der Waals surface area contributed by atoms with E-state index in [4.69, 9.17) is 15.2 Å². The van der Waals surface area contributed by atoms with Crippen molar-refractivity contribution in [3.05, 3.63) is 27.7 Å². The molecule has 1 aliphatic heterocycles. The molecule has 0 saturated carbocycles. The Balaban J connectivity index is 2.16. The second-order valence-corrected chi connectivity index (χ2v) is 8.30. The number of hydrogen-bond acceptors (Lipinski definition) is 5. The van der Waals surface area contributed by atoms with E-state index in [0.717, 1.165) is 12.8 Å². The van der Waals surface area contributed by atoms with Gasteiger partial charge in [-0.25, -0.2) is 9.59 Å². The quantitative estimate of drug-likeness (QED) is 0.411. The molecule has 2 rings (SSSR count). The number of methoxy groups -OCH3 is 1. The van der Waals surface area contributed by atoms with Gasteiger partial charge in [-0.05, 0) is 61.7 Å². The number of nitrogen functional groups attached to an aromatic ring is 1. The molecule has 0 spiro atoms. The molecule has 1 heterocycles. The van der Waals surface area contributed by atoms with Crippen LogP contribution in [0.25, 0.3) is 0 Å². The summed E-state index contributed by atoms with van der Waals surface area (Å²) < 4.78 is 10.8. The van der Waals surface area contributed by atoms with Crippen LogP contribution in [-0.4, -0.2) is 42.8 Å². The van der Waals surface area contributed by atoms with Gasteiger partial charge in [-0.1, -0.05) is 11.8 Å². The van der Waals surface area contributed by atoms with Gasteiger partial charge in [-0.2, -0.15) is 0 Å². The van der Waals surface area contributed by atoms with Crippen molar-refractivity contribution in [2.75, 3.05) is 25.9 Å². The van der Waals surface area contributed by atoms with Crippen LogP contribution in [0.1, 0.15) is 49.5 Å². The average molecular weight is 437 g/mol. The van der Waals surface area contributed by atoms with Gasteiger partial charge >= 0.3 is 12.1 Å². The predicted octanol–water partition coefficient (Wildman–Crippen LogP) is 3.82. The number of anilines is 1. The average Bonchev–Trinajstić information content (AvgIpc) is 2.61. The highest BCUT2D eigenvalue weighted by atomic mass is 79.9. The molecule has 1 aliphatic rings. The normalized spacial score (nSPS) is 16.9. The van der Waals surface area contributed by atoms with Gasteiger partial charge in [0.1, 0.15) is 5.60 Å². The molecular formula is C20H25BrN2O4. The first-order valence-electron chi connectivity index (χ1n) is 8.77. The number of benzene rings is 1. The fourth-order valence-electron chi connectivity index (χ4n) is 2.72. The summed E-state index contributed by atoms with van der Waals surface area (Å²) in [6.07, 6.45) is 1.44. The first-order valence-corrected chi connectivity index (χ1v) is 9.57. The van der Waals surface area contributed by atoms with Crippen molar-refractivity contribution in [2.45, 2.75) is 39.2 Å². The number of likely N-dealkylation sites (tertiary alicyclic amines) is 1. The topological polar surface area (TPSA) is 81.9 Å². The highest BCUT2D eigenvalue weighted by molar-refractivity contribution is 9.10. The van der Waals surface area contributed by atoms with E-state index in [2.05, 4.69) is 27.8 Å². The summed E-state index contributed by atoms with van der Waals surface area (Å²) in [4.78, 5) is 25.7. The fourth-order valence-corrected chi connectivity index (χ4v) is 3.18. The molecule has 1 aromatic carbocycles. The Bertz CT molecular complexity index is 790. The molecule has 1 amide bonds. The summed E-state index contributed by atoms with van der Waals surface area (Å²) in [5.74, 6) is 5.81. The standard InChI is InChI=1S/C20H25BrN2O4/c1-20(2,3)27-19(25)23-9-5-6-13(12-23)7-8-14-10-15(18(24)26-4)11-16(21)17(14)22/h10-11,13H,5-6,9,12,22H2,1-4H3. The molecule has 1 fully saturated rings. The van der Waals surface area contributed by atoms with E-state index < -0.39 is 11.6 Å². The number of nitrogens with zero attached hydrogens (tertiary/aromatic N) is 1. The molecule has 0 aromatic heterocycles. The van der Waals surface area contributed by atoms with Crippen molar-refractivity contribution in [3.8, 4) is 11.8 Å². The second-order valence-electron chi connectivity index (χ2n) is 7.45. The van der Waals surface area contributed by atoms with Crippen LogP contribution in [0.15, 0.2) is 16.6 Å². The zero-order chi connectivity index (χ0) is 20.2. The van der Waals surface area contributed by atoms with E-state index in [0.29, 0.717) is 34.4 Å². The molecule has 2 N–H and O–H groups in total. The minimum Gasteiger partial charge on any atom is -0.465 e. The second kappa shape index (κ2) is 8.66. The lowest BCUT2D eigenvalue weighted by Crippen LogP contribution is -2.42. The Morgan fingerprint density at radius 3 is 2.67 bits per heavy atom. The zero-order valence-corrected chi connectivity index (χ0v) is 17.7. The first kappa shape index (κ1) is 21.1. The Morgan fingerprint density at radius 1 is 1.33 bits per heavy atom. The van der Waals surface area contributed by atoms with Crippen LogP contribution in [0, 0.1) is 17.8 Å². The minimum absolute atomic E-state index is 0.0197. The van der Waals surface area contributed by atoms with Crippen LogP contribution >= 0.6 is 15.9 Å². The number of amides is 1. The van der Waals surface area contributed by atoms with Crippen LogP contribution in [0.3, 0.4) is 0 Å². The van der Waals surface area contributed by atoms with Gasteiger partial charge in [0, 0.05) is 29.0 Å². The largest absolute Gasteiger partial charge is 0.465 e. The first-order chi connectivity index (χ1) is 12.6. The lowest BCUT2D eigenvalue weighted by Gasteiger charge is -2.32. The minimum atomic E-state index is -0.523. The lowest BCUT2D eigenvalue weighted by molar-refractivity contribution is 0.0190. The van der Waals surface area contributed by atoms with E-state index in [1.807, 2.05) is 20.8 Å². The maximum absolute atomic E-state index is 12.3. The SMILES string of the molecule is COC(=O)c1cc(Br)c(N)c(C#CC2CCCN(C(=O)OC(C)(C)C)C2)c1. The third kappa shape index (κ3) is 5.90. The van der Waals surface area contributed by atoms with Gasteiger partial charge in [0.25, 0.3) is 0 Å². The van der Waals surface area contributed by atoms with E-state index in [9.17, 15) is 9.59 Å². The maximum atomic E-state index is 12.3. The number of ether oxygens (including phenoxy) is 2. The van der Waals surface area contributed by atoms with Gasteiger partial charge in [0.05, 0.1) is 18.4 Å². The van der Waals surface area contributed by atoms with Crippen LogP contribution in [0.5, 0.6) is 0 Å². The molecule has 6 nitrogen and oxygen atoms in total. The summed E-state index contributed by atoms with van der Waals surface area (Å²) in [7, 11) is 1.32. The predicted molar refractivity (Wildman–Crippen MR) is 107 cm³/mol. The molecule has 1 unspecified atom stereocenters. The third-order valence-corrected chi connectivity index (χ3v) is 4.69.